The van der Waals surface area contributed by atoms with Crippen LogP contribution in [0.1, 0.15) is 56.1 Å². The van der Waals surface area contributed by atoms with E-state index in [1.165, 1.54) is 60.8 Å². The van der Waals surface area contributed by atoms with Gasteiger partial charge in [-0.15, -0.1) is 0 Å². The Hall–Kier alpha value is -1.56. The van der Waals surface area contributed by atoms with Gasteiger partial charge < -0.3 is 0 Å². The van der Waals surface area contributed by atoms with Crippen LogP contribution in [-0.4, -0.2) is 0 Å². The maximum Gasteiger partial charge on any atom is -0.0162 e. The first-order valence-corrected chi connectivity index (χ1v) is 8.06. The topological polar surface area (TPSA) is 0 Å². The molecule has 1 aliphatic carbocycles. The van der Waals surface area contributed by atoms with Crippen molar-refractivity contribution in [3.05, 3.63) is 59.7 Å². The summed E-state index contributed by atoms with van der Waals surface area (Å²) in [6.07, 6.45) is 7.98. The summed E-state index contributed by atoms with van der Waals surface area (Å²) < 4.78 is 0. The number of benzene rings is 2. The van der Waals surface area contributed by atoms with E-state index in [-0.39, 0.29) is 0 Å². The van der Waals surface area contributed by atoms with Gasteiger partial charge in [0.2, 0.25) is 0 Å². The van der Waals surface area contributed by atoms with Crippen LogP contribution in [0.5, 0.6) is 0 Å². The SMILES string of the molecule is CCCc1ccc(-c2ccc(C3CCCC3)cc2)cc1. The number of rotatable bonds is 4. The predicted octanol–water partition coefficient (Wildman–Crippen LogP) is 5.96. The van der Waals surface area contributed by atoms with Crippen molar-refractivity contribution in [2.75, 3.05) is 0 Å². The molecule has 0 nitrogen and oxygen atoms in total. The minimum atomic E-state index is 0.816. The first-order valence-electron chi connectivity index (χ1n) is 8.06. The van der Waals surface area contributed by atoms with Gasteiger partial charge in [-0.1, -0.05) is 74.7 Å². The summed E-state index contributed by atoms with van der Waals surface area (Å²) in [6, 6.07) is 18.3. The Morgan fingerprint density at radius 3 is 1.90 bits per heavy atom. The molecule has 0 atom stereocenters. The fourth-order valence-corrected chi connectivity index (χ4v) is 3.36. The second kappa shape index (κ2) is 6.26. The van der Waals surface area contributed by atoms with Gasteiger partial charge in [0.15, 0.2) is 0 Å². The Morgan fingerprint density at radius 2 is 1.35 bits per heavy atom. The highest BCUT2D eigenvalue weighted by Crippen LogP contribution is 2.34. The van der Waals surface area contributed by atoms with Crippen LogP contribution in [0, 0.1) is 0 Å². The fraction of sp³-hybridized carbons (Fsp3) is 0.400. The van der Waals surface area contributed by atoms with Crippen LogP contribution in [-0.2, 0) is 6.42 Å². The van der Waals surface area contributed by atoms with Gasteiger partial charge in [0.1, 0.15) is 0 Å². The lowest BCUT2D eigenvalue weighted by atomic mass is 9.95. The summed E-state index contributed by atoms with van der Waals surface area (Å²) in [7, 11) is 0. The zero-order chi connectivity index (χ0) is 13.8. The van der Waals surface area contributed by atoms with Crippen LogP contribution in [0.2, 0.25) is 0 Å². The van der Waals surface area contributed by atoms with Gasteiger partial charge in [-0.3, -0.25) is 0 Å². The summed E-state index contributed by atoms with van der Waals surface area (Å²) in [5.41, 5.74) is 5.66. The standard InChI is InChI=1S/C20H24/c1-2-5-16-8-10-18(11-9-16)20-14-12-19(13-15-20)17-6-3-4-7-17/h8-15,17H,2-7H2,1H3. The van der Waals surface area contributed by atoms with Crippen molar-refractivity contribution in [2.24, 2.45) is 0 Å². The third kappa shape index (κ3) is 2.95. The third-order valence-electron chi connectivity index (χ3n) is 4.56. The normalized spacial score (nSPS) is 15.7. The highest BCUT2D eigenvalue weighted by Gasteiger charge is 2.16. The molecule has 0 saturated heterocycles. The molecule has 20 heavy (non-hydrogen) atoms. The van der Waals surface area contributed by atoms with E-state index in [1.807, 2.05) is 0 Å². The van der Waals surface area contributed by atoms with Crippen LogP contribution < -0.4 is 0 Å². The van der Waals surface area contributed by atoms with Gasteiger partial charge >= 0.3 is 0 Å². The van der Waals surface area contributed by atoms with Crippen molar-refractivity contribution in [1.29, 1.82) is 0 Å². The Morgan fingerprint density at radius 1 is 0.800 bits per heavy atom. The highest BCUT2D eigenvalue weighted by molar-refractivity contribution is 5.64. The predicted molar refractivity (Wildman–Crippen MR) is 87.1 cm³/mol. The van der Waals surface area contributed by atoms with Crippen LogP contribution in [0.25, 0.3) is 11.1 Å². The smallest absolute Gasteiger partial charge is 0.0162 e. The fourth-order valence-electron chi connectivity index (χ4n) is 3.36. The van der Waals surface area contributed by atoms with E-state index in [1.54, 1.807) is 0 Å². The minimum absolute atomic E-state index is 0.816. The molecule has 0 unspecified atom stereocenters. The first-order chi connectivity index (χ1) is 9.86. The Kier molecular flexibility index (Phi) is 4.20. The Labute approximate surface area is 122 Å². The molecular formula is C20H24. The summed E-state index contributed by atoms with van der Waals surface area (Å²) in [5.74, 6) is 0.816. The van der Waals surface area contributed by atoms with Crippen LogP contribution in [0.15, 0.2) is 48.5 Å². The van der Waals surface area contributed by atoms with Crippen LogP contribution in [0.3, 0.4) is 0 Å². The molecular weight excluding hydrogens is 240 g/mol. The van der Waals surface area contributed by atoms with Crippen LogP contribution in [0.4, 0.5) is 0 Å². The van der Waals surface area contributed by atoms with Crippen molar-refractivity contribution in [2.45, 2.75) is 51.4 Å². The molecule has 0 radical (unpaired) electrons. The van der Waals surface area contributed by atoms with Crippen molar-refractivity contribution in [3.8, 4) is 11.1 Å². The number of hydrogen-bond acceptors (Lipinski definition) is 0. The van der Waals surface area contributed by atoms with E-state index in [4.69, 9.17) is 0 Å². The number of aryl methyl sites for hydroxylation is 1. The van der Waals surface area contributed by atoms with Crippen molar-refractivity contribution >= 4 is 0 Å². The van der Waals surface area contributed by atoms with E-state index in [0.29, 0.717) is 0 Å². The van der Waals surface area contributed by atoms with Gasteiger partial charge in [-0.05, 0) is 47.4 Å². The zero-order valence-corrected chi connectivity index (χ0v) is 12.4. The lowest BCUT2D eigenvalue weighted by molar-refractivity contribution is 0.723. The molecule has 3 rings (SSSR count). The molecule has 0 heteroatoms. The lowest BCUT2D eigenvalue weighted by Gasteiger charge is -2.10. The second-order valence-corrected chi connectivity index (χ2v) is 6.05. The van der Waals surface area contributed by atoms with E-state index in [9.17, 15) is 0 Å². The van der Waals surface area contributed by atoms with Gasteiger partial charge in [0.25, 0.3) is 0 Å². The van der Waals surface area contributed by atoms with E-state index >= 15 is 0 Å². The largest absolute Gasteiger partial charge is 0.0651 e. The molecule has 2 aromatic carbocycles. The van der Waals surface area contributed by atoms with Gasteiger partial charge in [-0.2, -0.15) is 0 Å². The molecule has 104 valence electrons. The lowest BCUT2D eigenvalue weighted by Crippen LogP contribution is -1.91. The molecule has 0 bridgehead atoms. The number of hydrogen-bond donors (Lipinski definition) is 0. The molecule has 1 saturated carbocycles. The summed E-state index contributed by atoms with van der Waals surface area (Å²) >= 11 is 0. The van der Waals surface area contributed by atoms with Gasteiger partial charge in [0, 0.05) is 0 Å². The minimum Gasteiger partial charge on any atom is -0.0651 e. The molecule has 1 fully saturated rings. The van der Waals surface area contributed by atoms with Gasteiger partial charge in [0.05, 0.1) is 0 Å². The summed E-state index contributed by atoms with van der Waals surface area (Å²) in [6.45, 7) is 2.23. The average Bonchev–Trinajstić information content (AvgIpc) is 3.03. The molecule has 1 aliphatic rings. The Balaban J connectivity index is 1.76. The van der Waals surface area contributed by atoms with Crippen molar-refractivity contribution in [1.82, 2.24) is 0 Å². The van der Waals surface area contributed by atoms with E-state index in [0.717, 1.165) is 5.92 Å². The zero-order valence-electron chi connectivity index (χ0n) is 12.4. The highest BCUT2D eigenvalue weighted by atomic mass is 14.2. The molecule has 0 heterocycles. The summed E-state index contributed by atoms with van der Waals surface area (Å²) in [5, 5.41) is 0. The Bertz CT molecular complexity index is 527. The molecule has 0 N–H and O–H groups in total. The monoisotopic (exact) mass is 264 g/mol. The first kappa shape index (κ1) is 13.4. The molecule has 0 amide bonds. The van der Waals surface area contributed by atoms with Crippen molar-refractivity contribution < 1.29 is 0 Å². The quantitative estimate of drug-likeness (QED) is 0.638. The maximum atomic E-state index is 2.34. The molecule has 0 aromatic heterocycles. The van der Waals surface area contributed by atoms with Gasteiger partial charge in [-0.25, -0.2) is 0 Å². The van der Waals surface area contributed by atoms with Crippen molar-refractivity contribution in [3.63, 3.8) is 0 Å². The van der Waals surface area contributed by atoms with E-state index < -0.39 is 0 Å². The third-order valence-corrected chi connectivity index (χ3v) is 4.56. The van der Waals surface area contributed by atoms with E-state index in [2.05, 4.69) is 55.5 Å². The summed E-state index contributed by atoms with van der Waals surface area (Å²) in [4.78, 5) is 0. The molecule has 0 spiro atoms. The average molecular weight is 264 g/mol. The molecule has 0 aliphatic heterocycles. The second-order valence-electron chi connectivity index (χ2n) is 6.05. The van der Waals surface area contributed by atoms with Crippen LogP contribution >= 0.6 is 0 Å². The maximum absolute atomic E-state index is 2.34. The molecule has 2 aromatic rings.